The highest BCUT2D eigenvalue weighted by atomic mass is 16.4. The van der Waals surface area contributed by atoms with Gasteiger partial charge in [-0.3, -0.25) is 4.79 Å². The zero-order valence-electron chi connectivity index (χ0n) is 11.6. The number of aromatic nitrogens is 1. The number of carbonyl (C=O) groups excluding carboxylic acids is 1. The number of hydrogen-bond acceptors (Lipinski definition) is 3. The molecule has 112 valence electrons. The number of benzene rings is 1. The number of aromatic carboxylic acids is 1. The van der Waals surface area contributed by atoms with Crippen molar-refractivity contribution in [2.24, 2.45) is 0 Å². The molecule has 2 rings (SSSR count). The molecule has 4 N–H and O–H groups in total. The van der Waals surface area contributed by atoms with Crippen LogP contribution in [0.25, 0.3) is 10.9 Å². The number of carboxylic acid groups (broad SMARTS) is 1. The van der Waals surface area contributed by atoms with E-state index in [4.69, 9.17) is 10.2 Å². The van der Waals surface area contributed by atoms with E-state index in [9.17, 15) is 9.59 Å². The highest BCUT2D eigenvalue weighted by molar-refractivity contribution is 5.93. The van der Waals surface area contributed by atoms with Gasteiger partial charge in [0.05, 0.1) is 12.2 Å². The third-order valence-electron chi connectivity index (χ3n) is 3.21. The fourth-order valence-corrected chi connectivity index (χ4v) is 2.18. The lowest BCUT2D eigenvalue weighted by atomic mass is 10.1. The fraction of sp³-hybridized carbons (Fsp3) is 0.333. The van der Waals surface area contributed by atoms with Gasteiger partial charge in [0.2, 0.25) is 5.91 Å². The first-order valence-electron chi connectivity index (χ1n) is 6.82. The number of aryl methyl sites for hydroxylation is 1. The van der Waals surface area contributed by atoms with Gasteiger partial charge in [0.1, 0.15) is 0 Å². The molecule has 6 heteroatoms. The van der Waals surface area contributed by atoms with Crippen LogP contribution in [-0.2, 0) is 11.2 Å². The summed E-state index contributed by atoms with van der Waals surface area (Å²) in [4.78, 5) is 25.5. The van der Waals surface area contributed by atoms with Crippen molar-refractivity contribution in [2.45, 2.75) is 19.3 Å². The Morgan fingerprint density at radius 2 is 2.05 bits per heavy atom. The molecule has 0 spiro atoms. The zero-order valence-corrected chi connectivity index (χ0v) is 11.6. The van der Waals surface area contributed by atoms with Crippen molar-refractivity contribution >= 4 is 22.8 Å². The van der Waals surface area contributed by atoms with Gasteiger partial charge in [-0.2, -0.15) is 0 Å². The first-order valence-corrected chi connectivity index (χ1v) is 6.82. The Hall–Kier alpha value is -2.34. The van der Waals surface area contributed by atoms with E-state index in [-0.39, 0.29) is 24.6 Å². The molecule has 6 nitrogen and oxygen atoms in total. The average molecular weight is 290 g/mol. The summed E-state index contributed by atoms with van der Waals surface area (Å²) in [6.07, 6.45) is 1.80. The summed E-state index contributed by atoms with van der Waals surface area (Å²) in [6, 6.07) is 6.85. The van der Waals surface area contributed by atoms with Gasteiger partial charge in [0.25, 0.3) is 0 Å². The Morgan fingerprint density at radius 1 is 1.24 bits per heavy atom. The summed E-state index contributed by atoms with van der Waals surface area (Å²) in [6.45, 7) is 0.225. The summed E-state index contributed by atoms with van der Waals surface area (Å²) in [5.41, 5.74) is 2.12. The molecule has 21 heavy (non-hydrogen) atoms. The van der Waals surface area contributed by atoms with E-state index in [2.05, 4.69) is 10.3 Å². The fourth-order valence-electron chi connectivity index (χ4n) is 2.18. The maximum atomic E-state index is 11.4. The number of H-pyrrole nitrogens is 1. The van der Waals surface area contributed by atoms with Crippen LogP contribution in [0.1, 0.15) is 28.9 Å². The highest BCUT2D eigenvalue weighted by Crippen LogP contribution is 2.18. The minimum absolute atomic E-state index is 0.0559. The number of carbonyl (C=O) groups is 2. The van der Waals surface area contributed by atoms with E-state index in [1.165, 1.54) is 0 Å². The van der Waals surface area contributed by atoms with Gasteiger partial charge in [-0.05, 0) is 37.1 Å². The lowest BCUT2D eigenvalue weighted by Crippen LogP contribution is -2.26. The van der Waals surface area contributed by atoms with E-state index < -0.39 is 5.97 Å². The average Bonchev–Trinajstić information content (AvgIpc) is 2.86. The van der Waals surface area contributed by atoms with Crippen molar-refractivity contribution in [3.8, 4) is 0 Å². The van der Waals surface area contributed by atoms with E-state index in [1.807, 2.05) is 6.07 Å². The van der Waals surface area contributed by atoms with Crippen LogP contribution in [0.4, 0.5) is 0 Å². The normalized spacial score (nSPS) is 10.7. The van der Waals surface area contributed by atoms with Crippen molar-refractivity contribution in [3.05, 3.63) is 35.5 Å². The van der Waals surface area contributed by atoms with Crippen LogP contribution in [0.5, 0.6) is 0 Å². The minimum atomic E-state index is -0.944. The molecule has 1 amide bonds. The van der Waals surface area contributed by atoms with Gasteiger partial charge in [-0.1, -0.05) is 0 Å². The Balaban J connectivity index is 1.93. The standard InChI is InChI=1S/C15H18N2O4/c18-7-6-16-14(19)3-1-2-12-9-11-8-10(15(20)21)4-5-13(11)17-12/h4-5,8-9,17-18H,1-3,6-7H2,(H,16,19)(H,20,21). The molecule has 0 bridgehead atoms. The molecular formula is C15H18N2O4. The van der Waals surface area contributed by atoms with Crippen LogP contribution in [0, 0.1) is 0 Å². The summed E-state index contributed by atoms with van der Waals surface area (Å²) < 4.78 is 0. The highest BCUT2D eigenvalue weighted by Gasteiger charge is 2.07. The summed E-state index contributed by atoms with van der Waals surface area (Å²) in [7, 11) is 0. The molecule has 0 unspecified atom stereocenters. The third-order valence-corrected chi connectivity index (χ3v) is 3.21. The number of nitrogens with one attached hydrogen (secondary N) is 2. The van der Waals surface area contributed by atoms with E-state index >= 15 is 0 Å². The number of amides is 1. The molecule has 0 fully saturated rings. The number of carboxylic acids is 1. The molecule has 1 aromatic heterocycles. The Morgan fingerprint density at radius 3 is 2.76 bits per heavy atom. The largest absolute Gasteiger partial charge is 0.478 e. The molecular weight excluding hydrogens is 272 g/mol. The molecule has 1 heterocycles. The SMILES string of the molecule is O=C(CCCc1cc2cc(C(=O)O)ccc2[nH]1)NCCO. The van der Waals surface area contributed by atoms with Gasteiger partial charge in [0.15, 0.2) is 0 Å². The summed E-state index contributed by atoms with van der Waals surface area (Å²) in [5, 5.41) is 21.0. The number of hydrogen-bond donors (Lipinski definition) is 4. The van der Waals surface area contributed by atoms with Gasteiger partial charge in [0, 0.05) is 29.6 Å². The molecule has 0 atom stereocenters. The Kier molecular flexibility index (Phi) is 4.94. The predicted octanol–water partition coefficient (Wildman–Crippen LogP) is 1.30. The summed E-state index contributed by atoms with van der Waals surface area (Å²) in [5.74, 6) is -1.02. The van der Waals surface area contributed by atoms with Crippen molar-refractivity contribution < 1.29 is 19.8 Å². The van der Waals surface area contributed by atoms with Crippen LogP contribution in [0.2, 0.25) is 0 Å². The predicted molar refractivity (Wildman–Crippen MR) is 78.3 cm³/mol. The molecule has 0 saturated heterocycles. The molecule has 1 aromatic carbocycles. The quantitative estimate of drug-likeness (QED) is 0.617. The van der Waals surface area contributed by atoms with E-state index in [1.54, 1.807) is 18.2 Å². The van der Waals surface area contributed by atoms with Crippen LogP contribution in [0.3, 0.4) is 0 Å². The van der Waals surface area contributed by atoms with Crippen LogP contribution in [0.15, 0.2) is 24.3 Å². The molecule has 0 saturated carbocycles. The number of rotatable bonds is 7. The van der Waals surface area contributed by atoms with Crippen molar-refractivity contribution in [3.63, 3.8) is 0 Å². The summed E-state index contributed by atoms with van der Waals surface area (Å²) >= 11 is 0. The van der Waals surface area contributed by atoms with Crippen molar-refractivity contribution in [1.82, 2.24) is 10.3 Å². The lowest BCUT2D eigenvalue weighted by molar-refractivity contribution is -0.121. The first-order chi connectivity index (χ1) is 10.1. The first kappa shape index (κ1) is 15.1. The number of aliphatic hydroxyl groups is 1. The van der Waals surface area contributed by atoms with Crippen LogP contribution < -0.4 is 5.32 Å². The maximum absolute atomic E-state index is 11.4. The maximum Gasteiger partial charge on any atom is 0.335 e. The second-order valence-electron chi connectivity index (χ2n) is 4.83. The molecule has 0 aliphatic heterocycles. The molecule has 0 radical (unpaired) electrons. The molecule has 2 aromatic rings. The second-order valence-corrected chi connectivity index (χ2v) is 4.83. The second kappa shape index (κ2) is 6.90. The smallest absolute Gasteiger partial charge is 0.335 e. The van der Waals surface area contributed by atoms with E-state index in [0.29, 0.717) is 19.3 Å². The number of aliphatic hydroxyl groups excluding tert-OH is 1. The van der Waals surface area contributed by atoms with E-state index in [0.717, 1.165) is 16.6 Å². The molecule has 0 aliphatic carbocycles. The monoisotopic (exact) mass is 290 g/mol. The van der Waals surface area contributed by atoms with Crippen LogP contribution in [-0.4, -0.2) is 40.2 Å². The topological polar surface area (TPSA) is 102 Å². The van der Waals surface area contributed by atoms with Gasteiger partial charge in [-0.15, -0.1) is 0 Å². The van der Waals surface area contributed by atoms with Gasteiger partial charge < -0.3 is 20.5 Å². The van der Waals surface area contributed by atoms with Gasteiger partial charge in [-0.25, -0.2) is 4.79 Å². The zero-order chi connectivity index (χ0) is 15.2. The number of aromatic amines is 1. The third kappa shape index (κ3) is 4.06. The van der Waals surface area contributed by atoms with Gasteiger partial charge >= 0.3 is 5.97 Å². The van der Waals surface area contributed by atoms with Crippen molar-refractivity contribution in [1.29, 1.82) is 0 Å². The molecule has 0 aliphatic rings. The lowest BCUT2D eigenvalue weighted by Gasteiger charge is -2.02. The Bertz CT molecular complexity index is 648. The minimum Gasteiger partial charge on any atom is -0.478 e. The Labute approximate surface area is 121 Å². The number of fused-ring (bicyclic) bond motifs is 1. The van der Waals surface area contributed by atoms with Crippen LogP contribution >= 0.6 is 0 Å². The van der Waals surface area contributed by atoms with Crippen molar-refractivity contribution in [2.75, 3.05) is 13.2 Å².